The Morgan fingerprint density at radius 3 is 2.67 bits per heavy atom. The molecule has 0 saturated carbocycles. The lowest BCUT2D eigenvalue weighted by Gasteiger charge is -2.19. The van der Waals surface area contributed by atoms with Crippen molar-refractivity contribution >= 4 is 6.03 Å². The highest BCUT2D eigenvalue weighted by atomic mass is 16.3. The molecule has 0 aromatic rings. The van der Waals surface area contributed by atoms with Gasteiger partial charge < -0.3 is 15.3 Å². The molecule has 2 amide bonds. The minimum Gasteiger partial charge on any atom is -0.396 e. The Balaban J connectivity index is 3.67. The summed E-state index contributed by atoms with van der Waals surface area (Å²) in [5, 5.41) is 11.3. The predicted molar refractivity (Wildman–Crippen MR) is 48.0 cm³/mol. The Hall–Kier alpha value is -0.770. The van der Waals surface area contributed by atoms with E-state index in [0.717, 1.165) is 0 Å². The van der Waals surface area contributed by atoms with Crippen LogP contribution in [-0.4, -0.2) is 42.3 Å². The van der Waals surface area contributed by atoms with Crippen molar-refractivity contribution in [1.82, 2.24) is 10.2 Å². The zero-order valence-corrected chi connectivity index (χ0v) is 8.00. The molecule has 0 saturated heterocycles. The third kappa shape index (κ3) is 4.18. The van der Waals surface area contributed by atoms with Crippen LogP contribution in [-0.2, 0) is 0 Å². The summed E-state index contributed by atoms with van der Waals surface area (Å²) in [7, 11) is 1.74. The number of aliphatic hydroxyl groups excluding tert-OH is 1. The van der Waals surface area contributed by atoms with E-state index in [1.807, 2.05) is 13.8 Å². The van der Waals surface area contributed by atoms with Gasteiger partial charge in [-0.25, -0.2) is 4.79 Å². The van der Waals surface area contributed by atoms with E-state index in [0.29, 0.717) is 13.0 Å². The molecule has 0 rings (SSSR count). The molecule has 0 aliphatic heterocycles. The number of carbonyl (C=O) groups excluding carboxylic acids is 1. The maximum absolute atomic E-state index is 11.2. The molecular weight excluding hydrogens is 156 g/mol. The van der Waals surface area contributed by atoms with Crippen LogP contribution in [0.3, 0.4) is 0 Å². The van der Waals surface area contributed by atoms with E-state index >= 15 is 0 Å². The van der Waals surface area contributed by atoms with E-state index in [4.69, 9.17) is 5.11 Å². The molecule has 2 N–H and O–H groups in total. The molecule has 0 aliphatic carbocycles. The number of carbonyl (C=O) groups is 1. The van der Waals surface area contributed by atoms with Gasteiger partial charge in [-0.3, -0.25) is 0 Å². The van der Waals surface area contributed by atoms with Gasteiger partial charge in [0.05, 0.1) is 0 Å². The Morgan fingerprint density at radius 1 is 1.67 bits per heavy atom. The molecule has 0 bridgehead atoms. The number of amides is 2. The molecule has 4 nitrogen and oxygen atoms in total. The summed E-state index contributed by atoms with van der Waals surface area (Å²) in [5.41, 5.74) is 0. The van der Waals surface area contributed by atoms with Crippen molar-refractivity contribution in [2.75, 3.05) is 20.2 Å². The lowest BCUT2D eigenvalue weighted by molar-refractivity contribution is 0.203. The maximum Gasteiger partial charge on any atom is 0.317 e. The second-order valence-corrected chi connectivity index (χ2v) is 2.88. The maximum atomic E-state index is 11.2. The van der Waals surface area contributed by atoms with Crippen LogP contribution in [0.15, 0.2) is 0 Å². The van der Waals surface area contributed by atoms with E-state index in [1.54, 1.807) is 11.9 Å². The number of hydrogen-bond acceptors (Lipinski definition) is 2. The lowest BCUT2D eigenvalue weighted by Crippen LogP contribution is -2.42. The Labute approximate surface area is 73.6 Å². The molecule has 12 heavy (non-hydrogen) atoms. The van der Waals surface area contributed by atoms with Crippen LogP contribution in [0.1, 0.15) is 20.3 Å². The van der Waals surface area contributed by atoms with Gasteiger partial charge in [0.1, 0.15) is 0 Å². The third-order valence-electron chi connectivity index (χ3n) is 1.75. The molecule has 0 fully saturated rings. The van der Waals surface area contributed by atoms with E-state index in [2.05, 4.69) is 5.32 Å². The fraction of sp³-hybridized carbons (Fsp3) is 0.875. The third-order valence-corrected chi connectivity index (χ3v) is 1.75. The second kappa shape index (κ2) is 5.83. The predicted octanol–water partition coefficient (Wildman–Crippen LogP) is 0.419. The number of hydrogen-bond donors (Lipinski definition) is 2. The van der Waals surface area contributed by atoms with Gasteiger partial charge in [-0.2, -0.15) is 0 Å². The van der Waals surface area contributed by atoms with Crippen molar-refractivity contribution in [3.63, 3.8) is 0 Å². The van der Waals surface area contributed by atoms with Gasteiger partial charge in [0.2, 0.25) is 0 Å². The summed E-state index contributed by atoms with van der Waals surface area (Å²) < 4.78 is 0. The summed E-state index contributed by atoms with van der Waals surface area (Å²) in [5.74, 6) is 0. The van der Waals surface area contributed by atoms with Crippen molar-refractivity contribution in [3.8, 4) is 0 Å². The zero-order chi connectivity index (χ0) is 9.56. The molecule has 0 aromatic heterocycles. The van der Waals surface area contributed by atoms with Gasteiger partial charge in [0.15, 0.2) is 0 Å². The van der Waals surface area contributed by atoms with Crippen LogP contribution in [0.5, 0.6) is 0 Å². The molecule has 0 aliphatic rings. The molecule has 1 atom stereocenters. The van der Waals surface area contributed by atoms with Crippen LogP contribution in [0, 0.1) is 0 Å². The first kappa shape index (κ1) is 11.2. The van der Waals surface area contributed by atoms with Gasteiger partial charge >= 0.3 is 6.03 Å². The van der Waals surface area contributed by atoms with Crippen LogP contribution >= 0.6 is 0 Å². The van der Waals surface area contributed by atoms with Crippen molar-refractivity contribution in [2.45, 2.75) is 26.3 Å². The highest BCUT2D eigenvalue weighted by Crippen LogP contribution is 1.91. The molecule has 1 unspecified atom stereocenters. The summed E-state index contributed by atoms with van der Waals surface area (Å²) in [6, 6.07) is -0.0463. The van der Waals surface area contributed by atoms with Crippen molar-refractivity contribution < 1.29 is 9.90 Å². The first-order valence-corrected chi connectivity index (χ1v) is 4.24. The van der Waals surface area contributed by atoms with Gasteiger partial charge in [-0.05, 0) is 20.3 Å². The summed E-state index contributed by atoms with van der Waals surface area (Å²) in [6.07, 6.45) is 0.600. The van der Waals surface area contributed by atoms with Crippen molar-refractivity contribution in [1.29, 1.82) is 0 Å². The normalized spacial score (nSPS) is 12.3. The molecule has 0 radical (unpaired) electrons. The van der Waals surface area contributed by atoms with E-state index < -0.39 is 0 Å². The lowest BCUT2D eigenvalue weighted by atomic mass is 10.2. The Kier molecular flexibility index (Phi) is 5.45. The van der Waals surface area contributed by atoms with E-state index in [-0.39, 0.29) is 18.7 Å². The summed E-state index contributed by atoms with van der Waals surface area (Å²) >= 11 is 0. The van der Waals surface area contributed by atoms with Crippen LogP contribution in [0.2, 0.25) is 0 Å². The monoisotopic (exact) mass is 174 g/mol. The average molecular weight is 174 g/mol. The van der Waals surface area contributed by atoms with E-state index in [9.17, 15) is 4.79 Å². The number of aliphatic hydroxyl groups is 1. The van der Waals surface area contributed by atoms with Gasteiger partial charge in [0.25, 0.3) is 0 Å². The van der Waals surface area contributed by atoms with Crippen LogP contribution < -0.4 is 5.32 Å². The van der Waals surface area contributed by atoms with Crippen molar-refractivity contribution in [3.05, 3.63) is 0 Å². The minimum absolute atomic E-state index is 0.0384. The smallest absolute Gasteiger partial charge is 0.317 e. The number of rotatable bonds is 4. The van der Waals surface area contributed by atoms with Gasteiger partial charge in [-0.15, -0.1) is 0 Å². The number of nitrogens with zero attached hydrogens (tertiary/aromatic N) is 1. The SMILES string of the molecule is CCN(C)C(=O)NC(C)CCO. The first-order chi connectivity index (χ1) is 5.61. The summed E-state index contributed by atoms with van der Waals surface area (Å²) in [6.45, 7) is 4.59. The molecule has 4 heteroatoms. The molecule has 0 spiro atoms. The number of nitrogens with one attached hydrogen (secondary N) is 1. The largest absolute Gasteiger partial charge is 0.396 e. The van der Waals surface area contributed by atoms with Crippen molar-refractivity contribution in [2.24, 2.45) is 0 Å². The van der Waals surface area contributed by atoms with E-state index in [1.165, 1.54) is 0 Å². The average Bonchev–Trinajstić information content (AvgIpc) is 2.03. The molecule has 0 aromatic carbocycles. The summed E-state index contributed by atoms with van der Waals surface area (Å²) in [4.78, 5) is 12.8. The van der Waals surface area contributed by atoms with Gasteiger partial charge in [0, 0.05) is 26.2 Å². The van der Waals surface area contributed by atoms with Gasteiger partial charge in [-0.1, -0.05) is 0 Å². The zero-order valence-electron chi connectivity index (χ0n) is 8.00. The fourth-order valence-corrected chi connectivity index (χ4v) is 0.730. The fourth-order valence-electron chi connectivity index (χ4n) is 0.730. The standard InChI is InChI=1S/C8H18N2O2/c1-4-10(3)8(12)9-7(2)5-6-11/h7,11H,4-6H2,1-3H3,(H,9,12). The van der Waals surface area contributed by atoms with Crippen LogP contribution in [0.25, 0.3) is 0 Å². The molecule has 72 valence electrons. The highest BCUT2D eigenvalue weighted by Gasteiger charge is 2.08. The van der Waals surface area contributed by atoms with Crippen LogP contribution in [0.4, 0.5) is 4.79 Å². The molecule has 0 heterocycles. The quantitative estimate of drug-likeness (QED) is 0.649. The Bertz CT molecular complexity index is 139. The second-order valence-electron chi connectivity index (χ2n) is 2.88. The minimum atomic E-state index is -0.0848. The molecular formula is C8H18N2O2. The first-order valence-electron chi connectivity index (χ1n) is 4.24. The topological polar surface area (TPSA) is 52.6 Å². The number of urea groups is 1. The highest BCUT2D eigenvalue weighted by molar-refractivity contribution is 5.74. The Morgan fingerprint density at radius 2 is 2.25 bits per heavy atom.